The number of carbonyl (C=O) groups excluding carboxylic acids is 2. The normalized spacial score (nSPS) is 12.5. The van der Waals surface area contributed by atoms with E-state index in [0.717, 1.165) is 18.2 Å². The van der Waals surface area contributed by atoms with Crippen molar-refractivity contribution in [3.63, 3.8) is 0 Å². The van der Waals surface area contributed by atoms with Crippen molar-refractivity contribution in [2.24, 2.45) is 0 Å². The van der Waals surface area contributed by atoms with E-state index < -0.39 is 30.1 Å². The molecule has 1 aliphatic rings. The van der Waals surface area contributed by atoms with Crippen molar-refractivity contribution >= 4 is 23.6 Å². The molecule has 2 aromatic rings. The van der Waals surface area contributed by atoms with Crippen molar-refractivity contribution in [3.05, 3.63) is 53.6 Å². The van der Waals surface area contributed by atoms with Crippen LogP contribution in [0.3, 0.4) is 0 Å². The first-order chi connectivity index (χ1) is 14.0. The fourth-order valence-electron chi connectivity index (χ4n) is 2.52. The third-order valence-corrected chi connectivity index (χ3v) is 3.81. The monoisotopic (exact) mass is 405 g/mol. The van der Waals surface area contributed by atoms with E-state index in [9.17, 15) is 18.4 Å². The Morgan fingerprint density at radius 1 is 1.17 bits per heavy atom. The molecule has 1 amide bonds. The summed E-state index contributed by atoms with van der Waals surface area (Å²) >= 11 is 0. The maximum atomic E-state index is 13.5. The van der Waals surface area contributed by atoms with Gasteiger partial charge in [-0.25, -0.2) is 13.6 Å². The van der Waals surface area contributed by atoms with Gasteiger partial charge in [0.05, 0.1) is 12.8 Å². The second-order valence-electron chi connectivity index (χ2n) is 5.86. The number of hydrogen-bond donors (Lipinski definition) is 1. The molecule has 29 heavy (non-hydrogen) atoms. The van der Waals surface area contributed by atoms with E-state index in [-0.39, 0.29) is 5.69 Å². The van der Waals surface area contributed by atoms with Crippen LogP contribution in [0.15, 0.2) is 36.4 Å². The maximum absolute atomic E-state index is 13.5. The Kier molecular flexibility index (Phi) is 6.28. The Bertz CT molecular complexity index is 943. The highest BCUT2D eigenvalue weighted by molar-refractivity contribution is 5.94. The summed E-state index contributed by atoms with van der Waals surface area (Å²) in [6, 6.07) is 6.02. The quantitative estimate of drug-likeness (QED) is 0.588. The molecule has 2 aromatic carbocycles. The van der Waals surface area contributed by atoms with E-state index >= 15 is 0 Å². The molecule has 1 N–H and O–H groups in total. The molecule has 0 aliphatic carbocycles. The Labute approximate surface area is 164 Å². The van der Waals surface area contributed by atoms with Gasteiger partial charge in [0.15, 0.2) is 18.1 Å². The minimum Gasteiger partial charge on any atom is -0.493 e. The maximum Gasteiger partial charge on any atom is 0.331 e. The van der Waals surface area contributed by atoms with Crippen molar-refractivity contribution in [3.8, 4) is 17.2 Å². The highest BCUT2D eigenvalue weighted by atomic mass is 19.1. The number of benzene rings is 2. The average Bonchev–Trinajstić information content (AvgIpc) is 2.72. The van der Waals surface area contributed by atoms with Crippen LogP contribution in [0.2, 0.25) is 0 Å². The molecule has 0 aromatic heterocycles. The van der Waals surface area contributed by atoms with Crippen molar-refractivity contribution in [2.75, 3.05) is 32.2 Å². The van der Waals surface area contributed by atoms with E-state index in [0.29, 0.717) is 42.1 Å². The zero-order chi connectivity index (χ0) is 20.8. The molecule has 0 fully saturated rings. The smallest absolute Gasteiger partial charge is 0.331 e. The third kappa shape index (κ3) is 5.22. The summed E-state index contributed by atoms with van der Waals surface area (Å²) in [4.78, 5) is 23.6. The summed E-state index contributed by atoms with van der Waals surface area (Å²) in [6.07, 6.45) is 2.58. The number of anilines is 1. The van der Waals surface area contributed by atoms with Gasteiger partial charge < -0.3 is 24.3 Å². The molecular formula is C20H17F2NO6. The molecular weight excluding hydrogens is 388 g/mol. The van der Waals surface area contributed by atoms with Gasteiger partial charge in [-0.15, -0.1) is 0 Å². The largest absolute Gasteiger partial charge is 0.493 e. The number of carbonyl (C=O) groups is 2. The number of fused-ring (bicyclic) bond motifs is 1. The topological polar surface area (TPSA) is 83.1 Å². The van der Waals surface area contributed by atoms with Crippen LogP contribution in [0, 0.1) is 11.6 Å². The lowest BCUT2D eigenvalue weighted by atomic mass is 10.1. The average molecular weight is 405 g/mol. The molecule has 1 aliphatic heterocycles. The molecule has 3 rings (SSSR count). The molecule has 0 saturated carbocycles. The summed E-state index contributed by atoms with van der Waals surface area (Å²) in [5.41, 5.74) is 0.382. The van der Waals surface area contributed by atoms with Crippen molar-refractivity contribution in [1.82, 2.24) is 0 Å². The van der Waals surface area contributed by atoms with Crippen LogP contribution < -0.4 is 19.5 Å². The van der Waals surface area contributed by atoms with Gasteiger partial charge in [0.25, 0.3) is 5.91 Å². The van der Waals surface area contributed by atoms with Crippen molar-refractivity contribution in [2.45, 2.75) is 0 Å². The van der Waals surface area contributed by atoms with Crippen LogP contribution in [0.4, 0.5) is 14.5 Å². The second kappa shape index (κ2) is 9.05. The van der Waals surface area contributed by atoms with Gasteiger partial charge in [-0.05, 0) is 35.9 Å². The fourth-order valence-corrected chi connectivity index (χ4v) is 2.52. The zero-order valence-corrected chi connectivity index (χ0v) is 15.4. The van der Waals surface area contributed by atoms with E-state index in [4.69, 9.17) is 18.9 Å². The van der Waals surface area contributed by atoms with E-state index in [1.54, 1.807) is 12.1 Å². The number of methoxy groups -OCH3 is 1. The Morgan fingerprint density at radius 3 is 2.72 bits per heavy atom. The summed E-state index contributed by atoms with van der Waals surface area (Å²) in [6.45, 7) is 0.175. The summed E-state index contributed by atoms with van der Waals surface area (Å²) in [7, 11) is 1.48. The van der Waals surface area contributed by atoms with Gasteiger partial charge in [-0.1, -0.05) is 0 Å². The lowest BCUT2D eigenvalue weighted by Crippen LogP contribution is -2.20. The van der Waals surface area contributed by atoms with Crippen molar-refractivity contribution in [1.29, 1.82) is 0 Å². The number of halogens is 2. The first-order valence-corrected chi connectivity index (χ1v) is 8.53. The lowest BCUT2D eigenvalue weighted by molar-refractivity contribution is -0.142. The first-order valence-electron chi connectivity index (χ1n) is 8.53. The zero-order valence-electron chi connectivity index (χ0n) is 15.4. The third-order valence-electron chi connectivity index (χ3n) is 3.81. The SMILES string of the molecule is COc1cc(/C=C/C(=O)OCC(=O)Nc2ccc(F)cc2F)cc2c1OCCO2. The van der Waals surface area contributed by atoms with Gasteiger partial charge in [0.2, 0.25) is 5.75 Å². The molecule has 9 heteroatoms. The molecule has 1 heterocycles. The predicted molar refractivity (Wildman–Crippen MR) is 99.0 cm³/mol. The molecule has 0 bridgehead atoms. The summed E-state index contributed by atoms with van der Waals surface area (Å²) in [5, 5.41) is 2.19. The molecule has 0 spiro atoms. The van der Waals surface area contributed by atoms with E-state index in [1.165, 1.54) is 13.2 Å². The van der Waals surface area contributed by atoms with Gasteiger partial charge in [-0.3, -0.25) is 4.79 Å². The van der Waals surface area contributed by atoms with Crippen LogP contribution in [0.5, 0.6) is 17.2 Å². The molecule has 7 nitrogen and oxygen atoms in total. The van der Waals surface area contributed by atoms with Crippen molar-refractivity contribution < 1.29 is 37.3 Å². The highest BCUT2D eigenvalue weighted by Crippen LogP contribution is 2.40. The minimum absolute atomic E-state index is 0.216. The van der Waals surface area contributed by atoms with Crippen LogP contribution in [0.1, 0.15) is 5.56 Å². The number of rotatable bonds is 6. The van der Waals surface area contributed by atoms with Gasteiger partial charge in [0, 0.05) is 12.1 Å². The molecule has 152 valence electrons. The van der Waals surface area contributed by atoms with Crippen LogP contribution in [0.25, 0.3) is 6.08 Å². The Balaban J connectivity index is 1.56. The lowest BCUT2D eigenvalue weighted by Gasteiger charge is -2.20. The van der Waals surface area contributed by atoms with E-state index in [2.05, 4.69) is 5.32 Å². The number of hydrogen-bond acceptors (Lipinski definition) is 6. The number of esters is 1. The highest BCUT2D eigenvalue weighted by Gasteiger charge is 2.18. The van der Waals surface area contributed by atoms with Crippen LogP contribution >= 0.6 is 0 Å². The Morgan fingerprint density at radius 2 is 1.97 bits per heavy atom. The molecule has 0 unspecified atom stereocenters. The minimum atomic E-state index is -0.933. The summed E-state index contributed by atoms with van der Waals surface area (Å²) < 4.78 is 47.4. The summed E-state index contributed by atoms with van der Waals surface area (Å²) in [5.74, 6) is -1.82. The number of amides is 1. The van der Waals surface area contributed by atoms with Gasteiger partial charge in [0.1, 0.15) is 24.8 Å². The predicted octanol–water partition coefficient (Wildman–Crippen LogP) is 2.94. The number of nitrogens with one attached hydrogen (secondary N) is 1. The Hall–Kier alpha value is -3.62. The first kappa shape index (κ1) is 20.1. The molecule has 0 saturated heterocycles. The van der Waals surface area contributed by atoms with E-state index in [1.807, 2.05) is 0 Å². The molecule has 0 radical (unpaired) electrons. The number of ether oxygens (including phenoxy) is 4. The van der Waals surface area contributed by atoms with Gasteiger partial charge in [-0.2, -0.15) is 0 Å². The standard InChI is InChI=1S/C20H17F2NO6/c1-26-16-8-12(9-17-20(16)28-7-6-27-17)2-5-19(25)29-11-18(24)23-15-4-3-13(21)10-14(15)22/h2-5,8-10H,6-7,11H2,1H3,(H,23,24)/b5-2+. The molecule has 0 atom stereocenters. The second-order valence-corrected chi connectivity index (χ2v) is 5.86. The van der Waals surface area contributed by atoms with Crippen LogP contribution in [-0.4, -0.2) is 38.8 Å². The van der Waals surface area contributed by atoms with Gasteiger partial charge >= 0.3 is 5.97 Å². The van der Waals surface area contributed by atoms with Crippen LogP contribution in [-0.2, 0) is 14.3 Å². The fraction of sp³-hybridized carbons (Fsp3) is 0.200.